The molecule has 1 aliphatic heterocycles. The highest BCUT2D eigenvalue weighted by molar-refractivity contribution is 6.36. The van der Waals surface area contributed by atoms with Crippen LogP contribution in [-0.2, 0) is 19.0 Å². The van der Waals surface area contributed by atoms with Gasteiger partial charge in [0, 0.05) is 15.6 Å². The summed E-state index contributed by atoms with van der Waals surface area (Å²) in [4.78, 5) is 11.9. The number of carbonyl (C=O) groups excluding carboxylic acids is 1. The number of ether oxygens (including phenoxy) is 3. The average molecular weight is 305 g/mol. The molecule has 2 rings (SSSR count). The van der Waals surface area contributed by atoms with E-state index < -0.39 is 24.5 Å². The van der Waals surface area contributed by atoms with Crippen molar-refractivity contribution in [1.29, 1.82) is 0 Å². The Bertz CT molecular complexity index is 457. The summed E-state index contributed by atoms with van der Waals surface area (Å²) in [5, 5.41) is 0.869. The largest absolute Gasteiger partial charge is 0.464 e. The molecule has 1 fully saturated rings. The zero-order valence-corrected chi connectivity index (χ0v) is 12.1. The van der Waals surface area contributed by atoms with Gasteiger partial charge in [-0.25, -0.2) is 4.79 Å². The quantitative estimate of drug-likeness (QED) is 0.803. The maximum Gasteiger partial charge on any atom is 0.338 e. The minimum atomic E-state index is -0.854. The molecule has 0 spiro atoms. The third-order valence-electron chi connectivity index (χ3n) is 2.75. The van der Waals surface area contributed by atoms with Gasteiger partial charge in [-0.1, -0.05) is 29.3 Å². The van der Waals surface area contributed by atoms with Crippen LogP contribution in [0.15, 0.2) is 18.2 Å². The van der Waals surface area contributed by atoms with Crippen molar-refractivity contribution in [3.63, 3.8) is 0 Å². The number of benzene rings is 1. The van der Waals surface area contributed by atoms with Gasteiger partial charge in [0.2, 0.25) is 0 Å². The lowest BCUT2D eigenvalue weighted by molar-refractivity contribution is -0.156. The lowest BCUT2D eigenvalue weighted by Crippen LogP contribution is -2.28. The molecule has 0 aromatic heterocycles. The van der Waals surface area contributed by atoms with Gasteiger partial charge < -0.3 is 14.2 Å². The van der Waals surface area contributed by atoms with E-state index in [-0.39, 0.29) is 6.61 Å². The van der Waals surface area contributed by atoms with Crippen LogP contribution in [-0.4, -0.2) is 25.0 Å². The first kappa shape index (κ1) is 14.6. The van der Waals surface area contributed by atoms with Crippen LogP contribution >= 0.6 is 23.2 Å². The third-order valence-corrected chi connectivity index (χ3v) is 3.41. The minimum Gasteiger partial charge on any atom is -0.464 e. The Morgan fingerprint density at radius 3 is 2.53 bits per heavy atom. The number of hydrogen-bond acceptors (Lipinski definition) is 4. The van der Waals surface area contributed by atoms with Gasteiger partial charge >= 0.3 is 5.97 Å². The second-order valence-electron chi connectivity index (χ2n) is 4.07. The first-order valence-electron chi connectivity index (χ1n) is 5.96. The second-order valence-corrected chi connectivity index (χ2v) is 4.88. The summed E-state index contributed by atoms with van der Waals surface area (Å²) in [6.07, 6.45) is -2.03. The van der Waals surface area contributed by atoms with Gasteiger partial charge in [0.1, 0.15) is 6.10 Å². The summed E-state index contributed by atoms with van der Waals surface area (Å²) < 4.78 is 16.0. The van der Waals surface area contributed by atoms with E-state index in [0.29, 0.717) is 15.6 Å². The molecule has 6 heteroatoms. The first-order valence-corrected chi connectivity index (χ1v) is 6.71. The fourth-order valence-electron chi connectivity index (χ4n) is 1.99. The van der Waals surface area contributed by atoms with Gasteiger partial charge in [-0.05, 0) is 26.0 Å². The smallest absolute Gasteiger partial charge is 0.338 e. The number of esters is 1. The Morgan fingerprint density at radius 2 is 1.95 bits per heavy atom. The lowest BCUT2D eigenvalue weighted by atomic mass is 10.0. The van der Waals surface area contributed by atoms with E-state index in [1.165, 1.54) is 0 Å². The van der Waals surface area contributed by atoms with E-state index in [0.717, 1.165) is 0 Å². The fraction of sp³-hybridized carbons (Fsp3) is 0.462. The number of hydrogen-bond donors (Lipinski definition) is 0. The van der Waals surface area contributed by atoms with Gasteiger partial charge in [0.25, 0.3) is 0 Å². The van der Waals surface area contributed by atoms with Gasteiger partial charge in [0.05, 0.1) is 6.61 Å². The molecule has 0 bridgehead atoms. The van der Waals surface area contributed by atoms with Crippen LogP contribution in [0.5, 0.6) is 0 Å². The first-order chi connectivity index (χ1) is 9.04. The van der Waals surface area contributed by atoms with Crippen molar-refractivity contribution in [2.24, 2.45) is 0 Å². The van der Waals surface area contributed by atoms with Crippen LogP contribution in [0.3, 0.4) is 0 Å². The van der Waals surface area contributed by atoms with Crippen molar-refractivity contribution < 1.29 is 19.0 Å². The molecular formula is C13H14Cl2O4. The van der Waals surface area contributed by atoms with Gasteiger partial charge in [0.15, 0.2) is 12.4 Å². The van der Waals surface area contributed by atoms with Gasteiger partial charge in [-0.2, -0.15) is 0 Å². The minimum absolute atomic E-state index is 0.274. The maximum atomic E-state index is 11.9. The van der Waals surface area contributed by atoms with Crippen LogP contribution < -0.4 is 0 Å². The van der Waals surface area contributed by atoms with E-state index in [9.17, 15) is 4.79 Å². The molecule has 0 amide bonds. The van der Waals surface area contributed by atoms with E-state index in [1.807, 2.05) is 0 Å². The van der Waals surface area contributed by atoms with Crippen molar-refractivity contribution in [3.8, 4) is 0 Å². The van der Waals surface area contributed by atoms with Crippen LogP contribution in [0.4, 0.5) is 0 Å². The monoisotopic (exact) mass is 304 g/mol. The van der Waals surface area contributed by atoms with Crippen molar-refractivity contribution in [1.82, 2.24) is 0 Å². The highest BCUT2D eigenvalue weighted by Gasteiger charge is 2.42. The molecule has 0 aliphatic carbocycles. The van der Waals surface area contributed by atoms with E-state index in [1.54, 1.807) is 32.0 Å². The molecule has 0 unspecified atom stereocenters. The van der Waals surface area contributed by atoms with Crippen molar-refractivity contribution >= 4 is 29.2 Å². The molecule has 1 heterocycles. The van der Waals surface area contributed by atoms with E-state index in [4.69, 9.17) is 37.4 Å². The normalized spacial score (nSPS) is 26.4. The predicted molar refractivity (Wildman–Crippen MR) is 71.3 cm³/mol. The molecule has 104 valence electrons. The van der Waals surface area contributed by atoms with Gasteiger partial charge in [-0.3, -0.25) is 0 Å². The van der Waals surface area contributed by atoms with Crippen LogP contribution in [0.25, 0.3) is 0 Å². The summed E-state index contributed by atoms with van der Waals surface area (Å²) in [6, 6.07) is 5.11. The maximum absolute atomic E-state index is 11.9. The predicted octanol–water partition coefficient (Wildman–Crippen LogP) is 3.36. The molecular weight excluding hydrogens is 291 g/mol. The highest BCUT2D eigenvalue weighted by Crippen LogP contribution is 2.40. The molecule has 1 aliphatic rings. The Hall–Kier alpha value is -0.810. The molecule has 0 saturated carbocycles. The number of rotatable bonds is 3. The summed E-state index contributed by atoms with van der Waals surface area (Å²) in [5.74, 6) is -0.479. The molecule has 1 aromatic carbocycles. The van der Waals surface area contributed by atoms with E-state index >= 15 is 0 Å². The summed E-state index contributed by atoms with van der Waals surface area (Å²) in [5.41, 5.74) is 0.549. The molecule has 19 heavy (non-hydrogen) atoms. The summed E-state index contributed by atoms with van der Waals surface area (Å²) in [7, 11) is 0. The van der Waals surface area contributed by atoms with Crippen molar-refractivity contribution in [3.05, 3.63) is 33.8 Å². The summed E-state index contributed by atoms with van der Waals surface area (Å²) >= 11 is 12.3. The molecule has 4 nitrogen and oxygen atoms in total. The third kappa shape index (κ3) is 3.03. The highest BCUT2D eigenvalue weighted by atomic mass is 35.5. The topological polar surface area (TPSA) is 44.8 Å². The van der Waals surface area contributed by atoms with Crippen LogP contribution in [0.2, 0.25) is 10.0 Å². The average Bonchev–Trinajstić information content (AvgIpc) is 2.71. The Labute approximate surface area is 121 Å². The Balaban J connectivity index is 2.33. The van der Waals surface area contributed by atoms with E-state index in [2.05, 4.69) is 0 Å². The second kappa shape index (κ2) is 6.09. The van der Waals surface area contributed by atoms with Crippen molar-refractivity contribution in [2.45, 2.75) is 32.3 Å². The summed E-state index contributed by atoms with van der Waals surface area (Å²) in [6.45, 7) is 3.71. The van der Waals surface area contributed by atoms with Crippen LogP contribution in [0.1, 0.15) is 25.5 Å². The zero-order chi connectivity index (χ0) is 14.0. The molecule has 1 saturated heterocycles. The Kier molecular flexibility index (Phi) is 4.68. The molecule has 0 radical (unpaired) electrons. The Morgan fingerprint density at radius 1 is 1.32 bits per heavy atom. The number of halogens is 2. The lowest BCUT2D eigenvalue weighted by Gasteiger charge is -2.18. The molecule has 1 aromatic rings. The van der Waals surface area contributed by atoms with Crippen molar-refractivity contribution in [2.75, 3.05) is 6.61 Å². The van der Waals surface area contributed by atoms with Crippen LogP contribution in [0, 0.1) is 0 Å². The fourth-order valence-corrected chi connectivity index (χ4v) is 2.61. The zero-order valence-electron chi connectivity index (χ0n) is 10.6. The molecule has 3 atom stereocenters. The number of carbonyl (C=O) groups is 1. The SMILES string of the molecule is CCOC(=O)[C@H]1O[C@@H](C)O[C@H]1c1c(Cl)cccc1Cl. The van der Waals surface area contributed by atoms with Gasteiger partial charge in [-0.15, -0.1) is 0 Å². The standard InChI is InChI=1S/C13H14Cl2O4/c1-3-17-13(16)12-11(18-7(2)19-12)10-8(14)5-4-6-9(10)15/h4-7,11-12H,3H2,1-2H3/t7-,11-,12-/m0/s1. The molecule has 0 N–H and O–H groups in total.